The maximum Gasteiger partial charge on any atom is 0.123 e. The first-order valence-corrected chi connectivity index (χ1v) is 4.37. The normalized spacial score (nSPS) is 10.4. The molecule has 0 amide bonds. The van der Waals surface area contributed by atoms with E-state index in [0.717, 1.165) is 16.8 Å². The summed E-state index contributed by atoms with van der Waals surface area (Å²) in [7, 11) is 1.96. The standard InChI is InChI=1S/C10H12N4/c1-7-3-10(11)13-4-8(7)9-5-12-6-14(9)2/h3-6H,1-2H3,(H2,11,13). The van der Waals surface area contributed by atoms with Crippen LogP contribution in [-0.4, -0.2) is 14.5 Å². The van der Waals surface area contributed by atoms with Gasteiger partial charge >= 0.3 is 0 Å². The van der Waals surface area contributed by atoms with Crippen LogP contribution in [0.5, 0.6) is 0 Å². The van der Waals surface area contributed by atoms with E-state index < -0.39 is 0 Å². The van der Waals surface area contributed by atoms with Crippen LogP contribution in [0.3, 0.4) is 0 Å². The van der Waals surface area contributed by atoms with Crippen molar-refractivity contribution in [3.8, 4) is 11.3 Å². The summed E-state index contributed by atoms with van der Waals surface area (Å²) >= 11 is 0. The molecule has 0 spiro atoms. The number of hydrogen-bond acceptors (Lipinski definition) is 3. The average Bonchev–Trinajstić information content (AvgIpc) is 2.52. The van der Waals surface area contributed by atoms with E-state index in [0.29, 0.717) is 5.82 Å². The van der Waals surface area contributed by atoms with Crippen molar-refractivity contribution < 1.29 is 0 Å². The second kappa shape index (κ2) is 3.14. The number of nitrogens with zero attached hydrogens (tertiary/aromatic N) is 3. The summed E-state index contributed by atoms with van der Waals surface area (Å²) in [4.78, 5) is 8.14. The van der Waals surface area contributed by atoms with Crippen LogP contribution in [0.15, 0.2) is 24.8 Å². The largest absolute Gasteiger partial charge is 0.384 e. The molecule has 0 saturated heterocycles. The van der Waals surface area contributed by atoms with E-state index in [1.54, 1.807) is 12.5 Å². The Morgan fingerprint density at radius 3 is 2.71 bits per heavy atom. The van der Waals surface area contributed by atoms with Crippen molar-refractivity contribution in [1.29, 1.82) is 0 Å². The molecule has 2 aromatic heterocycles. The van der Waals surface area contributed by atoms with E-state index >= 15 is 0 Å². The predicted octanol–water partition coefficient (Wildman–Crippen LogP) is 1.37. The zero-order chi connectivity index (χ0) is 10.1. The molecule has 4 heteroatoms. The minimum atomic E-state index is 0.549. The fourth-order valence-electron chi connectivity index (χ4n) is 1.46. The van der Waals surface area contributed by atoms with Crippen LogP contribution in [0.25, 0.3) is 11.3 Å². The Kier molecular flexibility index (Phi) is 1.96. The molecular formula is C10H12N4. The van der Waals surface area contributed by atoms with Crippen molar-refractivity contribution in [3.05, 3.63) is 30.4 Å². The molecule has 0 bridgehead atoms. The molecule has 0 saturated carbocycles. The maximum atomic E-state index is 5.59. The molecule has 14 heavy (non-hydrogen) atoms. The van der Waals surface area contributed by atoms with Gasteiger partial charge in [0, 0.05) is 18.8 Å². The summed E-state index contributed by atoms with van der Waals surface area (Å²) in [6, 6.07) is 1.86. The van der Waals surface area contributed by atoms with Crippen LogP contribution in [0.4, 0.5) is 5.82 Å². The molecule has 0 aliphatic heterocycles. The van der Waals surface area contributed by atoms with Gasteiger partial charge in [-0.15, -0.1) is 0 Å². The van der Waals surface area contributed by atoms with Crippen LogP contribution in [0.2, 0.25) is 0 Å². The van der Waals surface area contributed by atoms with E-state index in [1.807, 2.05) is 30.8 Å². The van der Waals surface area contributed by atoms with E-state index in [4.69, 9.17) is 5.73 Å². The van der Waals surface area contributed by atoms with Crippen molar-refractivity contribution >= 4 is 5.82 Å². The number of hydrogen-bond donors (Lipinski definition) is 1. The highest BCUT2D eigenvalue weighted by molar-refractivity contribution is 5.63. The quantitative estimate of drug-likeness (QED) is 0.735. The Bertz CT molecular complexity index is 459. The van der Waals surface area contributed by atoms with E-state index in [1.165, 1.54) is 0 Å². The van der Waals surface area contributed by atoms with Crippen LogP contribution >= 0.6 is 0 Å². The Hall–Kier alpha value is -1.84. The van der Waals surface area contributed by atoms with E-state index in [-0.39, 0.29) is 0 Å². The monoisotopic (exact) mass is 188 g/mol. The summed E-state index contributed by atoms with van der Waals surface area (Å²) in [5.74, 6) is 0.549. The predicted molar refractivity (Wildman–Crippen MR) is 55.6 cm³/mol. The molecule has 0 atom stereocenters. The minimum Gasteiger partial charge on any atom is -0.384 e. The van der Waals surface area contributed by atoms with Gasteiger partial charge in [0.15, 0.2) is 0 Å². The molecule has 0 radical (unpaired) electrons. The maximum absolute atomic E-state index is 5.59. The van der Waals surface area contributed by atoms with E-state index in [9.17, 15) is 0 Å². The third-order valence-electron chi connectivity index (χ3n) is 2.22. The molecule has 0 aliphatic carbocycles. The second-order valence-corrected chi connectivity index (χ2v) is 3.31. The summed E-state index contributed by atoms with van der Waals surface area (Å²) in [5, 5.41) is 0. The number of aromatic nitrogens is 3. The smallest absolute Gasteiger partial charge is 0.123 e. The van der Waals surface area contributed by atoms with Gasteiger partial charge in [0.1, 0.15) is 5.82 Å². The zero-order valence-corrected chi connectivity index (χ0v) is 8.23. The summed E-state index contributed by atoms with van der Waals surface area (Å²) < 4.78 is 1.96. The van der Waals surface area contributed by atoms with Crippen molar-refractivity contribution in [3.63, 3.8) is 0 Å². The van der Waals surface area contributed by atoms with Crippen molar-refractivity contribution in [2.24, 2.45) is 7.05 Å². The van der Waals surface area contributed by atoms with Crippen molar-refractivity contribution in [2.45, 2.75) is 6.92 Å². The lowest BCUT2D eigenvalue weighted by Crippen LogP contribution is -1.95. The lowest BCUT2D eigenvalue weighted by molar-refractivity contribution is 0.919. The number of pyridine rings is 1. The fraction of sp³-hybridized carbons (Fsp3) is 0.200. The first kappa shape index (κ1) is 8.74. The molecule has 0 fully saturated rings. The topological polar surface area (TPSA) is 56.7 Å². The van der Waals surface area contributed by atoms with Crippen molar-refractivity contribution in [1.82, 2.24) is 14.5 Å². The van der Waals surface area contributed by atoms with Gasteiger partial charge in [-0.3, -0.25) is 0 Å². The molecule has 72 valence electrons. The van der Waals surface area contributed by atoms with Crippen LogP contribution in [0.1, 0.15) is 5.56 Å². The molecular weight excluding hydrogens is 176 g/mol. The summed E-state index contributed by atoms with van der Waals surface area (Å²) in [5.41, 5.74) is 8.82. The van der Waals surface area contributed by atoms with Gasteiger partial charge in [0.05, 0.1) is 18.2 Å². The molecule has 0 aromatic carbocycles. The van der Waals surface area contributed by atoms with Gasteiger partial charge in [-0.25, -0.2) is 9.97 Å². The van der Waals surface area contributed by atoms with E-state index in [2.05, 4.69) is 9.97 Å². The molecule has 0 unspecified atom stereocenters. The number of rotatable bonds is 1. The van der Waals surface area contributed by atoms with Gasteiger partial charge in [-0.1, -0.05) is 0 Å². The van der Waals surface area contributed by atoms with Crippen LogP contribution in [0, 0.1) is 6.92 Å². The molecule has 2 rings (SSSR count). The lowest BCUT2D eigenvalue weighted by Gasteiger charge is -2.05. The first-order valence-electron chi connectivity index (χ1n) is 4.37. The first-order chi connectivity index (χ1) is 6.68. The van der Waals surface area contributed by atoms with Crippen molar-refractivity contribution in [2.75, 3.05) is 5.73 Å². The highest BCUT2D eigenvalue weighted by Gasteiger charge is 2.05. The molecule has 2 aromatic rings. The number of nitrogens with two attached hydrogens (primary N) is 1. The summed E-state index contributed by atoms with van der Waals surface area (Å²) in [6.45, 7) is 2.01. The Morgan fingerprint density at radius 2 is 2.14 bits per heavy atom. The zero-order valence-electron chi connectivity index (χ0n) is 8.23. The number of imidazole rings is 1. The van der Waals surface area contributed by atoms with Gasteiger partial charge < -0.3 is 10.3 Å². The third kappa shape index (κ3) is 1.35. The fourth-order valence-corrected chi connectivity index (χ4v) is 1.46. The lowest BCUT2D eigenvalue weighted by atomic mass is 10.1. The Balaban J connectivity index is 2.58. The number of anilines is 1. The van der Waals surface area contributed by atoms with Crippen LogP contribution in [-0.2, 0) is 7.05 Å². The molecule has 0 aliphatic rings. The SMILES string of the molecule is Cc1cc(N)ncc1-c1cncn1C. The second-order valence-electron chi connectivity index (χ2n) is 3.31. The number of aryl methyl sites for hydroxylation is 2. The highest BCUT2D eigenvalue weighted by Crippen LogP contribution is 2.22. The van der Waals surface area contributed by atoms with Gasteiger partial charge in [-0.05, 0) is 18.6 Å². The van der Waals surface area contributed by atoms with Gasteiger partial charge in [0.2, 0.25) is 0 Å². The minimum absolute atomic E-state index is 0.549. The van der Waals surface area contributed by atoms with Gasteiger partial charge in [0.25, 0.3) is 0 Å². The Labute approximate surface area is 82.4 Å². The highest BCUT2D eigenvalue weighted by atomic mass is 15.0. The van der Waals surface area contributed by atoms with Gasteiger partial charge in [-0.2, -0.15) is 0 Å². The summed E-state index contributed by atoms with van der Waals surface area (Å²) in [6.07, 6.45) is 5.37. The molecule has 2 heterocycles. The molecule has 4 nitrogen and oxygen atoms in total. The third-order valence-corrected chi connectivity index (χ3v) is 2.22. The average molecular weight is 188 g/mol. The number of nitrogen functional groups attached to an aromatic ring is 1. The Morgan fingerprint density at radius 1 is 1.36 bits per heavy atom. The van der Waals surface area contributed by atoms with Crippen LogP contribution < -0.4 is 5.73 Å². The molecule has 2 N–H and O–H groups in total.